The van der Waals surface area contributed by atoms with E-state index in [2.05, 4.69) is 31.2 Å². The molecule has 34 heavy (non-hydrogen) atoms. The van der Waals surface area contributed by atoms with Gasteiger partial charge in [-0.15, -0.1) is 0 Å². The molecule has 5 rings (SSSR count). The number of benzene rings is 3. The van der Waals surface area contributed by atoms with Crippen LogP contribution in [0, 0.1) is 6.92 Å². The quantitative estimate of drug-likeness (QED) is 0.413. The maximum absolute atomic E-state index is 13.3. The maximum Gasteiger partial charge on any atom is 0.232 e. The third-order valence-electron chi connectivity index (χ3n) is 6.55. The monoisotopic (exact) mass is 471 g/mol. The number of ether oxygens (including phenoxy) is 1. The largest absolute Gasteiger partial charge is 0.489 e. The van der Waals surface area contributed by atoms with Gasteiger partial charge in [-0.25, -0.2) is 0 Å². The summed E-state index contributed by atoms with van der Waals surface area (Å²) in [5.41, 5.74) is 5.59. The van der Waals surface area contributed by atoms with Gasteiger partial charge in [-0.05, 0) is 61.2 Å². The molecule has 0 spiro atoms. The Kier molecular flexibility index (Phi) is 6.25. The molecule has 0 bridgehead atoms. The highest BCUT2D eigenvalue weighted by Gasteiger charge is 2.39. The molecule has 0 aromatic heterocycles. The minimum absolute atomic E-state index is 0.0135. The van der Waals surface area contributed by atoms with E-state index in [1.54, 1.807) is 17.0 Å². The van der Waals surface area contributed by atoms with Gasteiger partial charge in [0, 0.05) is 35.1 Å². The Labute approximate surface area is 204 Å². The second kappa shape index (κ2) is 9.47. The fourth-order valence-corrected chi connectivity index (χ4v) is 5.02. The van der Waals surface area contributed by atoms with Crippen LogP contribution in [-0.4, -0.2) is 11.7 Å². The Balaban J connectivity index is 1.42. The molecule has 1 aliphatic heterocycles. The van der Waals surface area contributed by atoms with Crippen LogP contribution < -0.4 is 9.64 Å². The van der Waals surface area contributed by atoms with E-state index in [-0.39, 0.29) is 24.0 Å². The summed E-state index contributed by atoms with van der Waals surface area (Å²) in [6, 6.07) is 23.3. The van der Waals surface area contributed by atoms with E-state index in [0.29, 0.717) is 24.5 Å². The summed E-state index contributed by atoms with van der Waals surface area (Å²) in [5.74, 6) is 0.638. The summed E-state index contributed by atoms with van der Waals surface area (Å²) in [5, 5.41) is 0.568. The van der Waals surface area contributed by atoms with Crippen molar-refractivity contribution in [3.05, 3.63) is 106 Å². The molecule has 3 aromatic rings. The van der Waals surface area contributed by atoms with Crippen molar-refractivity contribution in [2.75, 3.05) is 4.90 Å². The molecule has 0 radical (unpaired) electrons. The number of nitrogens with zero attached hydrogens (tertiary/aromatic N) is 1. The average molecular weight is 472 g/mol. The molecule has 2 aliphatic rings. The van der Waals surface area contributed by atoms with Gasteiger partial charge >= 0.3 is 0 Å². The average Bonchev–Trinajstić information content (AvgIpc) is 2.83. The van der Waals surface area contributed by atoms with E-state index in [0.717, 1.165) is 40.3 Å². The third-order valence-corrected chi connectivity index (χ3v) is 6.79. The van der Waals surface area contributed by atoms with Crippen LogP contribution in [0.25, 0.3) is 0 Å². The smallest absolute Gasteiger partial charge is 0.232 e. The van der Waals surface area contributed by atoms with Crippen molar-refractivity contribution in [2.24, 2.45) is 0 Å². The molecule has 0 saturated heterocycles. The Hall–Kier alpha value is -3.37. The van der Waals surface area contributed by atoms with Gasteiger partial charge < -0.3 is 4.74 Å². The number of hydrogen-bond acceptors (Lipinski definition) is 3. The fourth-order valence-electron chi connectivity index (χ4n) is 4.84. The SMILES string of the molecule is Cc1ccc(COc2ccc(C3CC(=O)N(c4cccc(Cl)c4)C4=C3C(=O)CCC4)cc2)cc1. The molecule has 1 atom stereocenters. The number of carbonyl (C=O) groups is 2. The number of carbonyl (C=O) groups excluding carboxylic acids is 2. The second-order valence-corrected chi connectivity index (χ2v) is 9.38. The summed E-state index contributed by atoms with van der Waals surface area (Å²) in [6.45, 7) is 2.55. The number of anilines is 1. The van der Waals surface area contributed by atoms with Crippen LogP contribution in [0.3, 0.4) is 0 Å². The van der Waals surface area contributed by atoms with E-state index in [4.69, 9.17) is 16.3 Å². The summed E-state index contributed by atoms with van der Waals surface area (Å²) in [7, 11) is 0. The predicted octanol–water partition coefficient (Wildman–Crippen LogP) is 6.76. The van der Waals surface area contributed by atoms with E-state index in [1.165, 1.54) is 5.56 Å². The molecule has 3 aromatic carbocycles. The molecule has 5 heteroatoms. The maximum atomic E-state index is 13.3. The number of hydrogen-bond donors (Lipinski definition) is 0. The highest BCUT2D eigenvalue weighted by Crippen LogP contribution is 2.43. The number of ketones is 1. The Morgan fingerprint density at radius 3 is 2.47 bits per heavy atom. The third kappa shape index (κ3) is 4.51. The van der Waals surface area contributed by atoms with E-state index < -0.39 is 0 Å². The summed E-state index contributed by atoms with van der Waals surface area (Å²) in [4.78, 5) is 28.1. The van der Waals surface area contributed by atoms with Crippen molar-refractivity contribution < 1.29 is 14.3 Å². The molecule has 1 aliphatic carbocycles. The van der Waals surface area contributed by atoms with Crippen molar-refractivity contribution in [2.45, 2.75) is 45.1 Å². The first-order valence-corrected chi connectivity index (χ1v) is 12.0. The molecule has 4 nitrogen and oxygen atoms in total. The zero-order chi connectivity index (χ0) is 23.7. The Morgan fingerprint density at radius 1 is 0.971 bits per heavy atom. The second-order valence-electron chi connectivity index (χ2n) is 8.95. The lowest BCUT2D eigenvalue weighted by Crippen LogP contribution is -2.40. The number of rotatable bonds is 5. The zero-order valence-electron chi connectivity index (χ0n) is 19.1. The van der Waals surface area contributed by atoms with Gasteiger partial charge in [-0.3, -0.25) is 14.5 Å². The minimum atomic E-state index is -0.239. The normalized spacial score (nSPS) is 18.2. The molecule has 0 saturated carbocycles. The van der Waals surface area contributed by atoms with Gasteiger partial charge in [0.2, 0.25) is 5.91 Å². The molecule has 0 fully saturated rings. The van der Waals surface area contributed by atoms with Gasteiger partial charge in [-0.2, -0.15) is 0 Å². The highest BCUT2D eigenvalue weighted by molar-refractivity contribution is 6.31. The lowest BCUT2D eigenvalue weighted by atomic mass is 9.77. The van der Waals surface area contributed by atoms with Crippen molar-refractivity contribution in [1.29, 1.82) is 0 Å². The topological polar surface area (TPSA) is 46.6 Å². The van der Waals surface area contributed by atoms with E-state index in [1.807, 2.05) is 36.4 Å². The number of amides is 1. The van der Waals surface area contributed by atoms with Crippen molar-refractivity contribution in [3.63, 3.8) is 0 Å². The Morgan fingerprint density at radius 2 is 1.74 bits per heavy atom. The summed E-state index contributed by atoms with van der Waals surface area (Å²) >= 11 is 6.19. The van der Waals surface area contributed by atoms with E-state index >= 15 is 0 Å². The number of Topliss-reactive ketones (excluding diaryl/α,β-unsaturated/α-hetero) is 1. The number of aryl methyl sites for hydroxylation is 1. The molecule has 1 heterocycles. The van der Waals surface area contributed by atoms with Crippen LogP contribution in [0.2, 0.25) is 5.02 Å². The fraction of sp³-hybridized carbons (Fsp3) is 0.241. The van der Waals surface area contributed by atoms with Gasteiger partial charge in [0.1, 0.15) is 12.4 Å². The zero-order valence-corrected chi connectivity index (χ0v) is 19.8. The van der Waals surface area contributed by atoms with Gasteiger partial charge in [0.25, 0.3) is 0 Å². The molecule has 1 unspecified atom stereocenters. The molecular weight excluding hydrogens is 446 g/mol. The number of allylic oxidation sites excluding steroid dienone is 2. The highest BCUT2D eigenvalue weighted by atomic mass is 35.5. The van der Waals surface area contributed by atoms with Crippen LogP contribution in [0.15, 0.2) is 84.1 Å². The minimum Gasteiger partial charge on any atom is -0.489 e. The molecule has 1 amide bonds. The van der Waals surface area contributed by atoms with Gasteiger partial charge in [-0.1, -0.05) is 59.6 Å². The first-order chi connectivity index (χ1) is 16.5. The standard InChI is InChI=1S/C29H26ClNO3/c1-19-8-10-20(11-9-19)18-34-24-14-12-21(13-15-24)25-17-28(33)31(23-5-2-4-22(30)16-23)26-6-3-7-27(32)29(25)26/h2,4-5,8-16,25H,3,6-7,17-18H2,1H3. The van der Waals surface area contributed by atoms with Crippen LogP contribution in [0.1, 0.15) is 48.3 Å². The lowest BCUT2D eigenvalue weighted by molar-refractivity contribution is -0.119. The predicted molar refractivity (Wildman–Crippen MR) is 134 cm³/mol. The van der Waals surface area contributed by atoms with Crippen molar-refractivity contribution in [3.8, 4) is 5.75 Å². The van der Waals surface area contributed by atoms with Gasteiger partial charge in [0.15, 0.2) is 5.78 Å². The van der Waals surface area contributed by atoms with E-state index in [9.17, 15) is 9.59 Å². The van der Waals surface area contributed by atoms with Gasteiger partial charge in [0.05, 0.1) is 5.69 Å². The number of halogens is 1. The summed E-state index contributed by atoms with van der Waals surface area (Å²) < 4.78 is 5.94. The first-order valence-electron chi connectivity index (χ1n) is 11.6. The summed E-state index contributed by atoms with van der Waals surface area (Å²) in [6.07, 6.45) is 2.22. The molecule has 0 N–H and O–H groups in total. The van der Waals surface area contributed by atoms with Crippen molar-refractivity contribution in [1.82, 2.24) is 0 Å². The first kappa shape index (κ1) is 22.4. The van der Waals surface area contributed by atoms with Crippen LogP contribution >= 0.6 is 11.6 Å². The van der Waals surface area contributed by atoms with Crippen LogP contribution in [0.4, 0.5) is 5.69 Å². The Bertz CT molecular complexity index is 1260. The van der Waals surface area contributed by atoms with Crippen molar-refractivity contribution >= 4 is 29.0 Å². The molecular formula is C29H26ClNO3. The lowest BCUT2D eigenvalue weighted by Gasteiger charge is -2.38. The molecule has 172 valence electrons. The van der Waals surface area contributed by atoms with Crippen LogP contribution in [-0.2, 0) is 16.2 Å². The van der Waals surface area contributed by atoms with Crippen LogP contribution in [0.5, 0.6) is 5.75 Å².